The Hall–Kier alpha value is -2.47. The van der Waals surface area contributed by atoms with Crippen molar-refractivity contribution < 1.29 is 48.9 Å². The number of aliphatic hydroxyl groups is 4. The molecule has 4 rings (SSSR count). The van der Waals surface area contributed by atoms with Crippen LogP contribution in [-0.2, 0) is 15.9 Å². The second-order valence-corrected chi connectivity index (χ2v) is 8.99. The SMILES string of the molecule is COc1cc2c(cc1O)CC(CO)[C@@H](CO[C@@H]1OC[C@@H](O)[C@H](O)[C@H]1O)C2c1ccc(F)c(OC)c1. The third-order valence-corrected chi connectivity index (χ3v) is 6.97. The molecule has 2 aliphatic rings. The molecule has 0 spiro atoms. The van der Waals surface area contributed by atoms with Crippen LogP contribution in [0.25, 0.3) is 0 Å². The van der Waals surface area contributed by atoms with E-state index in [1.807, 2.05) is 0 Å². The van der Waals surface area contributed by atoms with E-state index in [2.05, 4.69) is 0 Å². The average Bonchev–Trinajstić information content (AvgIpc) is 2.86. The molecule has 35 heavy (non-hydrogen) atoms. The van der Waals surface area contributed by atoms with Crippen LogP contribution in [0.2, 0.25) is 0 Å². The van der Waals surface area contributed by atoms with Gasteiger partial charge in [0.1, 0.15) is 18.3 Å². The van der Waals surface area contributed by atoms with Gasteiger partial charge in [-0.2, -0.15) is 0 Å². The molecule has 1 aliphatic heterocycles. The van der Waals surface area contributed by atoms with Crippen LogP contribution >= 0.6 is 0 Å². The Morgan fingerprint density at radius 3 is 2.46 bits per heavy atom. The number of halogens is 1. The third-order valence-electron chi connectivity index (χ3n) is 6.97. The Morgan fingerprint density at radius 1 is 1.03 bits per heavy atom. The summed E-state index contributed by atoms with van der Waals surface area (Å²) >= 11 is 0. The van der Waals surface area contributed by atoms with Crippen LogP contribution in [0.5, 0.6) is 17.2 Å². The van der Waals surface area contributed by atoms with E-state index in [0.717, 1.165) is 11.1 Å². The highest BCUT2D eigenvalue weighted by Crippen LogP contribution is 2.47. The first-order chi connectivity index (χ1) is 16.8. The van der Waals surface area contributed by atoms with Crippen LogP contribution in [0, 0.1) is 17.7 Å². The van der Waals surface area contributed by atoms with E-state index in [1.165, 1.54) is 20.3 Å². The van der Waals surface area contributed by atoms with Crippen LogP contribution in [0.3, 0.4) is 0 Å². The minimum atomic E-state index is -1.45. The highest BCUT2D eigenvalue weighted by Gasteiger charge is 2.42. The summed E-state index contributed by atoms with van der Waals surface area (Å²) in [4.78, 5) is 0. The van der Waals surface area contributed by atoms with Gasteiger partial charge >= 0.3 is 0 Å². The van der Waals surface area contributed by atoms with Gasteiger partial charge in [0.05, 0.1) is 27.4 Å². The molecule has 1 heterocycles. The predicted octanol–water partition coefficient (Wildman–Crippen LogP) is 0.917. The van der Waals surface area contributed by atoms with Gasteiger partial charge in [-0.05, 0) is 59.2 Å². The fourth-order valence-corrected chi connectivity index (χ4v) is 5.05. The van der Waals surface area contributed by atoms with Crippen molar-refractivity contribution in [3.8, 4) is 17.2 Å². The van der Waals surface area contributed by atoms with E-state index in [-0.39, 0.29) is 48.9 Å². The lowest BCUT2D eigenvalue weighted by Gasteiger charge is -2.41. The Kier molecular flexibility index (Phi) is 7.80. The smallest absolute Gasteiger partial charge is 0.186 e. The van der Waals surface area contributed by atoms with E-state index in [0.29, 0.717) is 12.0 Å². The molecule has 1 saturated heterocycles. The Labute approximate surface area is 202 Å². The number of benzene rings is 2. The summed E-state index contributed by atoms with van der Waals surface area (Å²) in [6, 6.07) is 7.84. The van der Waals surface area contributed by atoms with Crippen molar-refractivity contribution in [3.63, 3.8) is 0 Å². The maximum atomic E-state index is 14.2. The Morgan fingerprint density at radius 2 is 1.77 bits per heavy atom. The molecule has 0 radical (unpaired) electrons. The fourth-order valence-electron chi connectivity index (χ4n) is 5.05. The second kappa shape index (κ2) is 10.7. The number of phenols is 1. The van der Waals surface area contributed by atoms with Gasteiger partial charge in [-0.3, -0.25) is 0 Å². The van der Waals surface area contributed by atoms with Gasteiger partial charge in [-0.15, -0.1) is 0 Å². The first-order valence-electron chi connectivity index (χ1n) is 11.4. The minimum absolute atomic E-state index is 0.0166. The zero-order valence-corrected chi connectivity index (χ0v) is 19.5. The van der Waals surface area contributed by atoms with E-state index >= 15 is 0 Å². The van der Waals surface area contributed by atoms with Gasteiger partial charge in [0, 0.05) is 12.5 Å². The van der Waals surface area contributed by atoms with Gasteiger partial charge in [0.25, 0.3) is 0 Å². The number of rotatable bonds is 7. The van der Waals surface area contributed by atoms with Crippen molar-refractivity contribution in [2.24, 2.45) is 11.8 Å². The molecule has 10 heteroatoms. The summed E-state index contributed by atoms with van der Waals surface area (Å²) in [5.74, 6) is -1.31. The molecule has 7 atom stereocenters. The van der Waals surface area contributed by atoms with Crippen molar-refractivity contribution in [2.75, 3.05) is 34.0 Å². The fraction of sp³-hybridized carbons (Fsp3) is 0.520. The minimum Gasteiger partial charge on any atom is -0.504 e. The third kappa shape index (κ3) is 4.95. The van der Waals surface area contributed by atoms with Crippen LogP contribution in [0.4, 0.5) is 4.39 Å². The molecule has 9 nitrogen and oxygen atoms in total. The summed E-state index contributed by atoms with van der Waals surface area (Å²) in [7, 11) is 2.82. The van der Waals surface area contributed by atoms with E-state index < -0.39 is 36.3 Å². The number of hydrogen-bond acceptors (Lipinski definition) is 9. The number of phenolic OH excluding ortho intramolecular Hbond substituents is 1. The lowest BCUT2D eigenvalue weighted by Crippen LogP contribution is -2.54. The van der Waals surface area contributed by atoms with Gasteiger partial charge in [-0.1, -0.05) is 6.07 Å². The van der Waals surface area contributed by atoms with Crippen molar-refractivity contribution in [3.05, 3.63) is 52.8 Å². The number of aromatic hydroxyl groups is 1. The second-order valence-electron chi connectivity index (χ2n) is 8.99. The summed E-state index contributed by atoms with van der Waals surface area (Å²) < 4.78 is 36.0. The van der Waals surface area contributed by atoms with Gasteiger partial charge < -0.3 is 44.5 Å². The topological polar surface area (TPSA) is 138 Å². The molecule has 1 aliphatic carbocycles. The first-order valence-corrected chi connectivity index (χ1v) is 11.4. The Bertz CT molecular complexity index is 1030. The van der Waals surface area contributed by atoms with E-state index in [1.54, 1.807) is 24.3 Å². The molecule has 2 aromatic carbocycles. The summed E-state index contributed by atoms with van der Waals surface area (Å²) in [5.41, 5.74) is 2.32. The van der Waals surface area contributed by atoms with Crippen LogP contribution in [0.1, 0.15) is 22.6 Å². The number of ether oxygens (including phenoxy) is 4. The van der Waals surface area contributed by atoms with Crippen molar-refractivity contribution in [1.29, 1.82) is 0 Å². The van der Waals surface area contributed by atoms with Crippen LogP contribution in [0.15, 0.2) is 30.3 Å². The molecule has 2 unspecified atom stereocenters. The molecule has 0 amide bonds. The normalized spacial score (nSPS) is 30.5. The first kappa shape index (κ1) is 25.6. The maximum Gasteiger partial charge on any atom is 0.186 e. The molecule has 2 aromatic rings. The highest BCUT2D eigenvalue weighted by molar-refractivity contribution is 5.52. The molecular weight excluding hydrogens is 463 g/mol. The lowest BCUT2D eigenvalue weighted by atomic mass is 9.67. The van der Waals surface area contributed by atoms with Gasteiger partial charge in [0.15, 0.2) is 29.4 Å². The Balaban J connectivity index is 1.74. The standard InChI is InChI=1S/C25H31FO9/c1-32-20-7-12(3-4-17(20)26)22-15-8-21(33-2)18(28)6-13(15)5-14(9-27)16(22)10-34-25-24(31)23(30)19(29)11-35-25/h3-4,6-8,14,16,19,22-25,27-31H,5,9-11H2,1-2H3/t14?,16-,19-,22?,23+,24-,25-/m1/s1. The van der Waals surface area contributed by atoms with Crippen LogP contribution < -0.4 is 9.47 Å². The molecule has 0 bridgehead atoms. The number of fused-ring (bicyclic) bond motifs is 1. The molecule has 0 saturated carbocycles. The summed E-state index contributed by atoms with van der Waals surface area (Å²) in [6.45, 7) is -0.373. The quantitative estimate of drug-likeness (QED) is 0.380. The average molecular weight is 495 g/mol. The van der Waals surface area contributed by atoms with E-state index in [4.69, 9.17) is 18.9 Å². The monoisotopic (exact) mass is 494 g/mol. The molecular formula is C25H31FO9. The zero-order valence-electron chi connectivity index (χ0n) is 19.5. The van der Waals surface area contributed by atoms with Crippen molar-refractivity contribution in [2.45, 2.75) is 36.9 Å². The van der Waals surface area contributed by atoms with Crippen LogP contribution in [-0.4, -0.2) is 84.2 Å². The largest absolute Gasteiger partial charge is 0.504 e. The predicted molar refractivity (Wildman–Crippen MR) is 121 cm³/mol. The number of hydrogen-bond donors (Lipinski definition) is 5. The lowest BCUT2D eigenvalue weighted by molar-refractivity contribution is -0.274. The highest BCUT2D eigenvalue weighted by atomic mass is 19.1. The molecule has 1 fully saturated rings. The zero-order chi connectivity index (χ0) is 25.3. The number of methoxy groups -OCH3 is 2. The summed E-state index contributed by atoms with van der Waals surface area (Å²) in [6.07, 6.45) is -4.84. The molecule has 0 aromatic heterocycles. The molecule has 5 N–H and O–H groups in total. The maximum absolute atomic E-state index is 14.2. The van der Waals surface area contributed by atoms with Crippen molar-refractivity contribution in [1.82, 2.24) is 0 Å². The number of aliphatic hydroxyl groups excluding tert-OH is 4. The van der Waals surface area contributed by atoms with Gasteiger partial charge in [-0.25, -0.2) is 4.39 Å². The van der Waals surface area contributed by atoms with Gasteiger partial charge in [0.2, 0.25) is 0 Å². The van der Waals surface area contributed by atoms with E-state index in [9.17, 15) is 29.9 Å². The summed E-state index contributed by atoms with van der Waals surface area (Å²) in [5, 5.41) is 50.6. The molecule has 192 valence electrons. The van der Waals surface area contributed by atoms with Crippen molar-refractivity contribution >= 4 is 0 Å².